The summed E-state index contributed by atoms with van der Waals surface area (Å²) in [5, 5.41) is 0. The molecule has 1 aliphatic heterocycles. The second-order valence-corrected chi connectivity index (χ2v) is 8.37. The molecule has 27 heavy (non-hydrogen) atoms. The molecule has 144 valence electrons. The van der Waals surface area contributed by atoms with Crippen molar-refractivity contribution in [3.8, 4) is 0 Å². The maximum absolute atomic E-state index is 12.8. The summed E-state index contributed by atoms with van der Waals surface area (Å²) in [5.41, 5.74) is 2.56. The quantitative estimate of drug-likeness (QED) is 0.793. The zero-order valence-corrected chi connectivity index (χ0v) is 16.4. The van der Waals surface area contributed by atoms with Crippen molar-refractivity contribution >= 4 is 27.4 Å². The molecule has 0 unspecified atom stereocenters. The van der Waals surface area contributed by atoms with Gasteiger partial charge in [-0.15, -0.1) is 0 Å². The fourth-order valence-corrected chi connectivity index (χ4v) is 4.25. The molecule has 0 atom stereocenters. The van der Waals surface area contributed by atoms with Crippen molar-refractivity contribution in [3.63, 3.8) is 0 Å². The summed E-state index contributed by atoms with van der Waals surface area (Å²) in [5.74, 6) is -0.443. The van der Waals surface area contributed by atoms with Crippen LogP contribution in [0.15, 0.2) is 47.4 Å². The van der Waals surface area contributed by atoms with E-state index in [0.29, 0.717) is 16.9 Å². The van der Waals surface area contributed by atoms with Crippen LogP contribution >= 0.6 is 0 Å². The number of esters is 1. The third kappa shape index (κ3) is 4.42. The lowest BCUT2D eigenvalue weighted by atomic mass is 10.1. The van der Waals surface area contributed by atoms with Gasteiger partial charge in [0, 0.05) is 13.1 Å². The molecule has 1 N–H and O–H groups in total. The lowest BCUT2D eigenvalue weighted by Crippen LogP contribution is -2.30. The molecule has 1 aliphatic rings. The molecule has 0 aromatic heterocycles. The van der Waals surface area contributed by atoms with Crippen LogP contribution in [0.25, 0.3) is 0 Å². The highest BCUT2D eigenvalue weighted by molar-refractivity contribution is 7.92. The van der Waals surface area contributed by atoms with Crippen LogP contribution in [0.2, 0.25) is 0 Å². The van der Waals surface area contributed by atoms with Gasteiger partial charge in [0.15, 0.2) is 0 Å². The Morgan fingerprint density at radius 1 is 1.04 bits per heavy atom. The van der Waals surface area contributed by atoms with Crippen molar-refractivity contribution in [2.75, 3.05) is 29.8 Å². The Morgan fingerprint density at radius 3 is 2.33 bits per heavy atom. The van der Waals surface area contributed by atoms with Gasteiger partial charge < -0.3 is 9.64 Å². The largest absolute Gasteiger partial charge is 0.465 e. The maximum Gasteiger partial charge on any atom is 0.337 e. The molecular formula is C20H24N2O4S. The van der Waals surface area contributed by atoms with Crippen LogP contribution in [0.3, 0.4) is 0 Å². The van der Waals surface area contributed by atoms with Gasteiger partial charge >= 0.3 is 5.97 Å². The minimum Gasteiger partial charge on any atom is -0.465 e. The average molecular weight is 388 g/mol. The number of aryl methyl sites for hydroxylation is 1. The highest BCUT2D eigenvalue weighted by Gasteiger charge is 2.21. The number of nitrogens with zero attached hydrogens (tertiary/aromatic N) is 1. The minimum atomic E-state index is -3.72. The van der Waals surface area contributed by atoms with Gasteiger partial charge in [0.2, 0.25) is 0 Å². The second kappa shape index (κ2) is 8.00. The van der Waals surface area contributed by atoms with E-state index in [4.69, 9.17) is 4.74 Å². The van der Waals surface area contributed by atoms with Crippen molar-refractivity contribution in [1.82, 2.24) is 0 Å². The number of methoxy groups -OCH3 is 1. The third-order valence-electron chi connectivity index (χ3n) is 4.69. The van der Waals surface area contributed by atoms with Crippen LogP contribution in [-0.2, 0) is 14.8 Å². The van der Waals surface area contributed by atoms with Gasteiger partial charge in [-0.05, 0) is 56.5 Å². The van der Waals surface area contributed by atoms with E-state index in [-0.39, 0.29) is 4.90 Å². The Morgan fingerprint density at radius 2 is 1.70 bits per heavy atom. The van der Waals surface area contributed by atoms with Crippen LogP contribution in [0.5, 0.6) is 0 Å². The Bertz CT molecular complexity index is 917. The molecule has 1 heterocycles. The number of carbonyl (C=O) groups excluding carboxylic acids is 1. The van der Waals surface area contributed by atoms with Crippen LogP contribution in [0.1, 0.15) is 35.2 Å². The number of rotatable bonds is 5. The molecule has 0 radical (unpaired) electrons. The Balaban J connectivity index is 1.98. The number of benzene rings is 2. The zero-order chi connectivity index (χ0) is 19.4. The summed E-state index contributed by atoms with van der Waals surface area (Å²) in [6.45, 7) is 3.55. The van der Waals surface area contributed by atoms with Gasteiger partial charge in [-0.1, -0.05) is 17.7 Å². The monoisotopic (exact) mass is 388 g/mol. The van der Waals surface area contributed by atoms with Crippen LogP contribution in [0, 0.1) is 6.92 Å². The van der Waals surface area contributed by atoms with E-state index >= 15 is 0 Å². The zero-order valence-electron chi connectivity index (χ0n) is 15.6. The molecule has 0 amide bonds. The summed E-state index contributed by atoms with van der Waals surface area (Å²) in [7, 11) is -2.39. The molecule has 0 saturated carbocycles. The first kappa shape index (κ1) is 19.2. The smallest absolute Gasteiger partial charge is 0.337 e. The fraction of sp³-hybridized carbons (Fsp3) is 0.350. The van der Waals surface area contributed by atoms with Gasteiger partial charge in [0.1, 0.15) is 0 Å². The molecule has 0 bridgehead atoms. The van der Waals surface area contributed by atoms with Crippen LogP contribution in [0.4, 0.5) is 11.4 Å². The highest BCUT2D eigenvalue weighted by atomic mass is 32.2. The molecule has 2 aromatic rings. The van der Waals surface area contributed by atoms with Crippen molar-refractivity contribution in [1.29, 1.82) is 0 Å². The number of nitrogens with one attached hydrogen (secondary N) is 1. The number of carbonyl (C=O) groups is 1. The van der Waals surface area contributed by atoms with E-state index < -0.39 is 16.0 Å². The van der Waals surface area contributed by atoms with E-state index in [1.165, 1.54) is 7.11 Å². The molecule has 0 aliphatic carbocycles. The summed E-state index contributed by atoms with van der Waals surface area (Å²) in [4.78, 5) is 14.2. The number of anilines is 2. The first-order valence-corrected chi connectivity index (χ1v) is 10.5. The van der Waals surface area contributed by atoms with Gasteiger partial charge in [0.05, 0.1) is 28.9 Å². The van der Waals surface area contributed by atoms with E-state index in [9.17, 15) is 13.2 Å². The summed E-state index contributed by atoms with van der Waals surface area (Å²) >= 11 is 0. The Kier molecular flexibility index (Phi) is 5.70. The summed E-state index contributed by atoms with van der Waals surface area (Å²) in [6, 6.07) is 11.6. The predicted octanol–water partition coefficient (Wildman–Crippen LogP) is 3.57. The van der Waals surface area contributed by atoms with Crippen molar-refractivity contribution in [2.45, 2.75) is 31.1 Å². The Hall–Kier alpha value is -2.54. The summed E-state index contributed by atoms with van der Waals surface area (Å²) < 4.78 is 33.1. The number of hydrogen-bond acceptors (Lipinski definition) is 5. The lowest BCUT2D eigenvalue weighted by Gasteiger charge is -2.31. The summed E-state index contributed by atoms with van der Waals surface area (Å²) in [6.07, 6.45) is 3.22. The molecule has 2 aromatic carbocycles. The maximum atomic E-state index is 12.8. The van der Waals surface area contributed by atoms with Gasteiger partial charge in [-0.25, -0.2) is 13.2 Å². The molecule has 6 nitrogen and oxygen atoms in total. The first-order valence-electron chi connectivity index (χ1n) is 8.97. The molecule has 1 saturated heterocycles. The highest BCUT2D eigenvalue weighted by Crippen LogP contribution is 2.32. The van der Waals surface area contributed by atoms with Gasteiger partial charge in [-0.2, -0.15) is 0 Å². The SMILES string of the molecule is COC(=O)c1ccc(NS(=O)(=O)c2ccc(C)cc2)c(N2CCCCC2)c1. The molecule has 7 heteroatoms. The average Bonchev–Trinajstić information content (AvgIpc) is 2.68. The Labute approximate surface area is 160 Å². The van der Waals surface area contributed by atoms with Crippen LogP contribution in [-0.4, -0.2) is 34.6 Å². The van der Waals surface area contributed by atoms with E-state index in [1.54, 1.807) is 42.5 Å². The molecule has 0 spiro atoms. The number of ether oxygens (including phenoxy) is 1. The standard InChI is InChI=1S/C20H24N2O4S/c1-15-6-9-17(10-7-15)27(24,25)21-18-11-8-16(20(23)26-2)14-19(18)22-12-4-3-5-13-22/h6-11,14,21H,3-5,12-13H2,1-2H3. The molecular weight excluding hydrogens is 364 g/mol. The molecule has 3 rings (SSSR count). The van der Waals surface area contributed by atoms with Crippen molar-refractivity contribution < 1.29 is 17.9 Å². The number of hydrogen-bond donors (Lipinski definition) is 1. The molecule has 1 fully saturated rings. The van der Waals surface area contributed by atoms with Crippen molar-refractivity contribution in [2.24, 2.45) is 0 Å². The lowest BCUT2D eigenvalue weighted by molar-refractivity contribution is 0.0601. The van der Waals surface area contributed by atoms with Gasteiger partial charge in [0.25, 0.3) is 10.0 Å². The fourth-order valence-electron chi connectivity index (χ4n) is 3.18. The van der Waals surface area contributed by atoms with Crippen LogP contribution < -0.4 is 9.62 Å². The number of sulfonamides is 1. The predicted molar refractivity (Wildman–Crippen MR) is 106 cm³/mol. The van der Waals surface area contributed by atoms with Crippen molar-refractivity contribution in [3.05, 3.63) is 53.6 Å². The van der Waals surface area contributed by atoms with Gasteiger partial charge in [-0.3, -0.25) is 4.72 Å². The van der Waals surface area contributed by atoms with E-state index in [0.717, 1.165) is 37.9 Å². The third-order valence-corrected chi connectivity index (χ3v) is 6.07. The minimum absolute atomic E-state index is 0.203. The number of piperidine rings is 1. The second-order valence-electron chi connectivity index (χ2n) is 6.69. The van der Waals surface area contributed by atoms with E-state index in [2.05, 4.69) is 9.62 Å². The normalized spacial score (nSPS) is 14.7. The topological polar surface area (TPSA) is 75.7 Å². The first-order chi connectivity index (χ1) is 12.9. The van der Waals surface area contributed by atoms with E-state index in [1.807, 2.05) is 6.92 Å².